The standard InChI is InChI=1S/C13H19N5/c1-9(2)7-11-15-13(17-16-11)10-5-6-12(14-8-10)18(3)4/h5-6,8-9H,7H2,1-4H3,(H,15,16,17). The predicted molar refractivity (Wildman–Crippen MR) is 72.5 cm³/mol. The molecule has 96 valence electrons. The van der Waals surface area contributed by atoms with E-state index in [4.69, 9.17) is 0 Å². The summed E-state index contributed by atoms with van der Waals surface area (Å²) in [4.78, 5) is 10.8. The van der Waals surface area contributed by atoms with Crippen molar-refractivity contribution in [1.29, 1.82) is 0 Å². The Bertz CT molecular complexity index is 498. The van der Waals surface area contributed by atoms with Gasteiger partial charge in [-0.3, -0.25) is 5.10 Å². The van der Waals surface area contributed by atoms with E-state index in [9.17, 15) is 0 Å². The summed E-state index contributed by atoms with van der Waals surface area (Å²) in [6, 6.07) is 3.96. The lowest BCUT2D eigenvalue weighted by Crippen LogP contribution is -2.10. The summed E-state index contributed by atoms with van der Waals surface area (Å²) in [5.74, 6) is 3.14. The third-order valence-electron chi connectivity index (χ3n) is 2.60. The maximum Gasteiger partial charge on any atom is 0.182 e. The van der Waals surface area contributed by atoms with Gasteiger partial charge < -0.3 is 4.90 Å². The van der Waals surface area contributed by atoms with Crippen LogP contribution in [0.5, 0.6) is 0 Å². The van der Waals surface area contributed by atoms with Crippen LogP contribution in [0.3, 0.4) is 0 Å². The van der Waals surface area contributed by atoms with E-state index in [1.54, 1.807) is 6.20 Å². The summed E-state index contributed by atoms with van der Waals surface area (Å²) in [6.07, 6.45) is 2.72. The molecule has 2 aromatic heterocycles. The summed E-state index contributed by atoms with van der Waals surface area (Å²) in [5.41, 5.74) is 0.937. The smallest absolute Gasteiger partial charge is 0.182 e. The van der Waals surface area contributed by atoms with Crippen molar-refractivity contribution in [2.24, 2.45) is 5.92 Å². The predicted octanol–water partition coefficient (Wildman–Crippen LogP) is 2.13. The van der Waals surface area contributed by atoms with Gasteiger partial charge in [-0.05, 0) is 18.1 Å². The molecule has 2 aromatic rings. The second-order valence-electron chi connectivity index (χ2n) is 5.00. The summed E-state index contributed by atoms with van der Waals surface area (Å²) in [6.45, 7) is 4.32. The van der Waals surface area contributed by atoms with Gasteiger partial charge in [0.15, 0.2) is 5.82 Å². The molecule has 0 amide bonds. The number of hydrogen-bond acceptors (Lipinski definition) is 4. The first-order chi connectivity index (χ1) is 8.56. The molecule has 0 saturated heterocycles. The second-order valence-corrected chi connectivity index (χ2v) is 5.00. The van der Waals surface area contributed by atoms with E-state index in [0.717, 1.165) is 23.6 Å². The quantitative estimate of drug-likeness (QED) is 0.896. The number of aromatic amines is 1. The summed E-state index contributed by atoms with van der Waals surface area (Å²) in [7, 11) is 3.94. The SMILES string of the molecule is CC(C)Cc1nc(-c2ccc(N(C)C)nc2)n[nH]1. The van der Waals surface area contributed by atoms with Crippen molar-refractivity contribution in [3.05, 3.63) is 24.2 Å². The summed E-state index contributed by atoms with van der Waals surface area (Å²) < 4.78 is 0. The van der Waals surface area contributed by atoms with Gasteiger partial charge >= 0.3 is 0 Å². The van der Waals surface area contributed by atoms with Gasteiger partial charge in [0.1, 0.15) is 11.6 Å². The Morgan fingerprint density at radius 2 is 2.06 bits per heavy atom. The Kier molecular flexibility index (Phi) is 3.60. The van der Waals surface area contributed by atoms with Crippen LogP contribution in [0.25, 0.3) is 11.4 Å². The zero-order valence-electron chi connectivity index (χ0n) is 11.3. The average molecular weight is 245 g/mol. The van der Waals surface area contributed by atoms with Crippen LogP contribution in [0.1, 0.15) is 19.7 Å². The normalized spacial score (nSPS) is 10.9. The Morgan fingerprint density at radius 3 is 2.61 bits per heavy atom. The molecule has 0 aliphatic carbocycles. The molecule has 2 heterocycles. The van der Waals surface area contributed by atoms with Crippen LogP contribution in [0, 0.1) is 5.92 Å². The third kappa shape index (κ3) is 2.85. The van der Waals surface area contributed by atoms with Crippen LogP contribution < -0.4 is 4.90 Å². The van der Waals surface area contributed by atoms with E-state index in [1.807, 2.05) is 31.1 Å². The van der Waals surface area contributed by atoms with Crippen LogP contribution in [0.4, 0.5) is 5.82 Å². The largest absolute Gasteiger partial charge is 0.363 e. The molecule has 1 N–H and O–H groups in total. The zero-order valence-corrected chi connectivity index (χ0v) is 11.3. The zero-order chi connectivity index (χ0) is 13.1. The van der Waals surface area contributed by atoms with E-state index < -0.39 is 0 Å². The first kappa shape index (κ1) is 12.5. The van der Waals surface area contributed by atoms with Crippen molar-refractivity contribution < 1.29 is 0 Å². The number of H-pyrrole nitrogens is 1. The number of nitrogens with zero attached hydrogens (tertiary/aromatic N) is 4. The lowest BCUT2D eigenvalue weighted by Gasteiger charge is -2.10. The van der Waals surface area contributed by atoms with Crippen molar-refractivity contribution in [1.82, 2.24) is 20.2 Å². The highest BCUT2D eigenvalue weighted by atomic mass is 15.2. The number of rotatable bonds is 4. The molecule has 0 fully saturated rings. The van der Waals surface area contributed by atoms with Crippen molar-refractivity contribution >= 4 is 5.82 Å². The van der Waals surface area contributed by atoms with Gasteiger partial charge in [-0.1, -0.05) is 13.8 Å². The minimum Gasteiger partial charge on any atom is -0.363 e. The third-order valence-corrected chi connectivity index (χ3v) is 2.60. The number of pyridine rings is 1. The molecule has 5 nitrogen and oxygen atoms in total. The first-order valence-electron chi connectivity index (χ1n) is 6.11. The maximum atomic E-state index is 4.47. The Hall–Kier alpha value is -1.91. The fraction of sp³-hybridized carbons (Fsp3) is 0.462. The Morgan fingerprint density at radius 1 is 1.28 bits per heavy atom. The first-order valence-corrected chi connectivity index (χ1v) is 6.11. The lowest BCUT2D eigenvalue weighted by atomic mass is 10.1. The summed E-state index contributed by atoms with van der Waals surface area (Å²) in [5, 5.41) is 7.20. The van der Waals surface area contributed by atoms with Crippen LogP contribution in [0.15, 0.2) is 18.3 Å². The van der Waals surface area contributed by atoms with Crippen LogP contribution in [-0.2, 0) is 6.42 Å². The molecule has 0 aromatic carbocycles. The number of nitrogens with one attached hydrogen (secondary N) is 1. The number of anilines is 1. The molecule has 2 rings (SSSR count). The Balaban J connectivity index is 2.18. The molecule has 0 unspecified atom stereocenters. The van der Waals surface area contributed by atoms with E-state index in [-0.39, 0.29) is 0 Å². The second kappa shape index (κ2) is 5.16. The van der Waals surface area contributed by atoms with Crippen LogP contribution in [0.2, 0.25) is 0 Å². The van der Waals surface area contributed by atoms with E-state index in [2.05, 4.69) is 34.0 Å². The van der Waals surface area contributed by atoms with Crippen molar-refractivity contribution in [2.45, 2.75) is 20.3 Å². The van der Waals surface area contributed by atoms with E-state index in [1.165, 1.54) is 0 Å². The fourth-order valence-electron chi connectivity index (χ4n) is 1.69. The van der Waals surface area contributed by atoms with Gasteiger partial charge in [0, 0.05) is 32.3 Å². The highest BCUT2D eigenvalue weighted by Crippen LogP contribution is 2.17. The van der Waals surface area contributed by atoms with Gasteiger partial charge in [-0.2, -0.15) is 5.10 Å². The highest BCUT2D eigenvalue weighted by Gasteiger charge is 2.08. The molecule has 0 aliphatic heterocycles. The number of aromatic nitrogens is 4. The van der Waals surface area contributed by atoms with E-state index >= 15 is 0 Å². The Labute approximate surface area is 107 Å². The van der Waals surface area contributed by atoms with E-state index in [0.29, 0.717) is 11.7 Å². The molecule has 0 saturated carbocycles. The molecule has 0 radical (unpaired) electrons. The van der Waals surface area contributed by atoms with Crippen LogP contribution >= 0.6 is 0 Å². The monoisotopic (exact) mass is 245 g/mol. The minimum atomic E-state index is 0.569. The fourth-order valence-corrected chi connectivity index (χ4v) is 1.69. The van der Waals surface area contributed by atoms with Crippen LogP contribution in [-0.4, -0.2) is 34.3 Å². The van der Waals surface area contributed by atoms with Gasteiger partial charge in [0.2, 0.25) is 0 Å². The highest BCUT2D eigenvalue weighted by molar-refractivity contribution is 5.55. The lowest BCUT2D eigenvalue weighted by molar-refractivity contribution is 0.622. The van der Waals surface area contributed by atoms with Gasteiger partial charge in [-0.15, -0.1) is 0 Å². The van der Waals surface area contributed by atoms with Crippen molar-refractivity contribution in [2.75, 3.05) is 19.0 Å². The molecule has 0 aliphatic rings. The minimum absolute atomic E-state index is 0.569. The topological polar surface area (TPSA) is 57.7 Å². The van der Waals surface area contributed by atoms with Gasteiger partial charge in [0.25, 0.3) is 0 Å². The summed E-state index contributed by atoms with van der Waals surface area (Å²) >= 11 is 0. The molecule has 0 spiro atoms. The van der Waals surface area contributed by atoms with Gasteiger partial charge in [0.05, 0.1) is 0 Å². The van der Waals surface area contributed by atoms with Crippen molar-refractivity contribution in [3.8, 4) is 11.4 Å². The molecular weight excluding hydrogens is 226 g/mol. The molecule has 5 heteroatoms. The molecular formula is C13H19N5. The van der Waals surface area contributed by atoms with Crippen molar-refractivity contribution in [3.63, 3.8) is 0 Å². The molecule has 18 heavy (non-hydrogen) atoms. The average Bonchev–Trinajstić information content (AvgIpc) is 2.76. The van der Waals surface area contributed by atoms with Gasteiger partial charge in [-0.25, -0.2) is 9.97 Å². The maximum absolute atomic E-state index is 4.47. The molecule has 0 bridgehead atoms. The number of hydrogen-bond donors (Lipinski definition) is 1. The molecule has 0 atom stereocenters.